The van der Waals surface area contributed by atoms with Crippen molar-refractivity contribution in [3.05, 3.63) is 42.1 Å². The molecule has 1 aliphatic heterocycles. The van der Waals surface area contributed by atoms with E-state index in [4.69, 9.17) is 4.52 Å². The number of aromatic nitrogens is 1. The molecule has 1 aliphatic rings. The summed E-state index contributed by atoms with van der Waals surface area (Å²) in [6.45, 7) is 1.50. The van der Waals surface area contributed by atoms with Crippen LogP contribution in [0, 0.1) is 0 Å². The van der Waals surface area contributed by atoms with E-state index in [0.29, 0.717) is 17.5 Å². The Morgan fingerprint density at radius 3 is 2.65 bits per heavy atom. The Labute approximate surface area is 117 Å². The van der Waals surface area contributed by atoms with Crippen LogP contribution in [0.4, 0.5) is 0 Å². The molecule has 3 rings (SSSR count). The number of hydrogen-bond acceptors (Lipinski definition) is 4. The number of likely N-dealkylation sites (tertiary alicyclic amines) is 1. The van der Waals surface area contributed by atoms with Crippen LogP contribution in [0.15, 0.2) is 40.9 Å². The minimum absolute atomic E-state index is 0.0611. The van der Waals surface area contributed by atoms with Gasteiger partial charge in [0.25, 0.3) is 5.91 Å². The highest BCUT2D eigenvalue weighted by Crippen LogP contribution is 2.22. The van der Waals surface area contributed by atoms with Crippen molar-refractivity contribution in [1.82, 2.24) is 15.0 Å². The third-order valence-electron chi connectivity index (χ3n) is 3.67. The molecule has 2 heterocycles. The first-order chi connectivity index (χ1) is 9.65. The average Bonchev–Trinajstić information content (AvgIpc) is 2.87. The van der Waals surface area contributed by atoms with Gasteiger partial charge in [0.15, 0.2) is 11.5 Å². The number of rotatable bonds is 3. The summed E-state index contributed by atoms with van der Waals surface area (Å²) < 4.78 is 5.26. The Bertz CT molecular complexity index is 601. The summed E-state index contributed by atoms with van der Waals surface area (Å²) in [7, 11) is 4.05. The first-order valence-corrected chi connectivity index (χ1v) is 6.63. The number of hydrogen-bond donors (Lipinski definition) is 0. The van der Waals surface area contributed by atoms with Crippen LogP contribution in [0.25, 0.3) is 11.3 Å². The summed E-state index contributed by atoms with van der Waals surface area (Å²) in [4.78, 5) is 16.1. The van der Waals surface area contributed by atoms with Crippen LogP contribution >= 0.6 is 0 Å². The fraction of sp³-hybridized carbons (Fsp3) is 0.333. The summed E-state index contributed by atoms with van der Waals surface area (Å²) in [6.07, 6.45) is 0. The molecule has 1 aromatic carbocycles. The van der Waals surface area contributed by atoms with Crippen molar-refractivity contribution in [3.8, 4) is 11.3 Å². The number of benzene rings is 1. The molecule has 1 fully saturated rings. The van der Waals surface area contributed by atoms with Crippen LogP contribution in [0.1, 0.15) is 10.5 Å². The minimum atomic E-state index is -0.0611. The molecule has 0 aliphatic carbocycles. The molecule has 0 spiro atoms. The first kappa shape index (κ1) is 12.9. The number of nitrogens with zero attached hydrogens (tertiary/aromatic N) is 3. The molecule has 20 heavy (non-hydrogen) atoms. The van der Waals surface area contributed by atoms with Crippen molar-refractivity contribution < 1.29 is 9.32 Å². The van der Waals surface area contributed by atoms with E-state index in [9.17, 15) is 4.79 Å². The molecule has 0 atom stereocenters. The van der Waals surface area contributed by atoms with E-state index in [-0.39, 0.29) is 5.91 Å². The lowest BCUT2D eigenvalue weighted by molar-refractivity contribution is 0.0390. The van der Waals surface area contributed by atoms with E-state index in [1.807, 2.05) is 44.4 Å². The minimum Gasteiger partial charge on any atom is -0.355 e. The molecular weight excluding hydrogens is 254 g/mol. The molecule has 0 radical (unpaired) electrons. The van der Waals surface area contributed by atoms with Crippen molar-refractivity contribution in [2.24, 2.45) is 0 Å². The monoisotopic (exact) mass is 271 g/mol. The van der Waals surface area contributed by atoms with Crippen LogP contribution in [0.5, 0.6) is 0 Å². The second-order valence-corrected chi connectivity index (χ2v) is 5.27. The van der Waals surface area contributed by atoms with Gasteiger partial charge in [0, 0.05) is 30.8 Å². The Hall–Kier alpha value is -2.14. The van der Waals surface area contributed by atoms with Gasteiger partial charge in [-0.25, -0.2) is 0 Å². The van der Waals surface area contributed by atoms with E-state index in [0.717, 1.165) is 18.7 Å². The van der Waals surface area contributed by atoms with Crippen molar-refractivity contribution in [2.45, 2.75) is 6.04 Å². The van der Waals surface area contributed by atoms with E-state index in [1.165, 1.54) is 0 Å². The van der Waals surface area contributed by atoms with Crippen molar-refractivity contribution in [1.29, 1.82) is 0 Å². The highest BCUT2D eigenvalue weighted by molar-refractivity contribution is 5.93. The van der Waals surface area contributed by atoms with Crippen LogP contribution < -0.4 is 0 Å². The lowest BCUT2D eigenvalue weighted by Crippen LogP contribution is -2.59. The molecule has 1 amide bonds. The molecule has 0 bridgehead atoms. The average molecular weight is 271 g/mol. The van der Waals surface area contributed by atoms with Gasteiger partial charge in [-0.15, -0.1) is 0 Å². The molecule has 0 saturated carbocycles. The van der Waals surface area contributed by atoms with Gasteiger partial charge < -0.3 is 14.3 Å². The molecule has 0 N–H and O–H groups in total. The zero-order valence-corrected chi connectivity index (χ0v) is 11.6. The standard InChI is InChI=1S/C15H17N3O2/c1-17(2)12-9-18(10-12)15(19)13-8-14(20-16-13)11-6-4-3-5-7-11/h3-8,12H,9-10H2,1-2H3. The van der Waals surface area contributed by atoms with Gasteiger partial charge in [0.1, 0.15) is 0 Å². The summed E-state index contributed by atoms with van der Waals surface area (Å²) >= 11 is 0. The van der Waals surface area contributed by atoms with E-state index >= 15 is 0 Å². The zero-order chi connectivity index (χ0) is 14.1. The van der Waals surface area contributed by atoms with Crippen molar-refractivity contribution in [2.75, 3.05) is 27.2 Å². The van der Waals surface area contributed by atoms with Crippen LogP contribution in [0.2, 0.25) is 0 Å². The van der Waals surface area contributed by atoms with Gasteiger partial charge in [-0.2, -0.15) is 0 Å². The molecule has 5 heteroatoms. The molecule has 1 saturated heterocycles. The second kappa shape index (κ2) is 5.09. The van der Waals surface area contributed by atoms with Gasteiger partial charge in [0.05, 0.1) is 0 Å². The molecule has 2 aromatic rings. The predicted octanol–water partition coefficient (Wildman–Crippen LogP) is 1.73. The summed E-state index contributed by atoms with van der Waals surface area (Å²) in [5, 5.41) is 3.89. The lowest BCUT2D eigenvalue weighted by Gasteiger charge is -2.42. The SMILES string of the molecule is CN(C)C1CN(C(=O)c2cc(-c3ccccc3)on2)C1. The highest BCUT2D eigenvalue weighted by Gasteiger charge is 2.33. The van der Waals surface area contributed by atoms with Gasteiger partial charge in [-0.1, -0.05) is 35.5 Å². The largest absolute Gasteiger partial charge is 0.355 e. The number of likely N-dealkylation sites (N-methyl/N-ethyl adjacent to an activating group) is 1. The van der Waals surface area contributed by atoms with Crippen molar-refractivity contribution >= 4 is 5.91 Å². The second-order valence-electron chi connectivity index (χ2n) is 5.27. The fourth-order valence-corrected chi connectivity index (χ4v) is 2.22. The maximum absolute atomic E-state index is 12.2. The van der Waals surface area contributed by atoms with Gasteiger partial charge >= 0.3 is 0 Å². The molecule has 1 aromatic heterocycles. The molecular formula is C15H17N3O2. The third-order valence-corrected chi connectivity index (χ3v) is 3.67. The van der Waals surface area contributed by atoms with Crippen LogP contribution in [0.3, 0.4) is 0 Å². The number of carbonyl (C=O) groups excluding carboxylic acids is 1. The maximum atomic E-state index is 12.2. The van der Waals surface area contributed by atoms with Crippen LogP contribution in [-0.2, 0) is 0 Å². The van der Waals surface area contributed by atoms with Gasteiger partial charge in [0.2, 0.25) is 0 Å². The fourth-order valence-electron chi connectivity index (χ4n) is 2.22. The number of carbonyl (C=O) groups is 1. The van der Waals surface area contributed by atoms with Crippen LogP contribution in [-0.4, -0.2) is 54.1 Å². The Balaban J connectivity index is 1.70. The summed E-state index contributed by atoms with van der Waals surface area (Å²) in [5.41, 5.74) is 1.30. The lowest BCUT2D eigenvalue weighted by atomic mass is 10.1. The maximum Gasteiger partial charge on any atom is 0.276 e. The normalized spacial score (nSPS) is 15.4. The van der Waals surface area contributed by atoms with E-state index < -0.39 is 0 Å². The van der Waals surface area contributed by atoms with E-state index in [2.05, 4.69) is 10.1 Å². The first-order valence-electron chi connectivity index (χ1n) is 6.63. The highest BCUT2D eigenvalue weighted by atomic mass is 16.5. The third kappa shape index (κ3) is 2.32. The molecule has 5 nitrogen and oxygen atoms in total. The predicted molar refractivity (Wildman–Crippen MR) is 75.3 cm³/mol. The van der Waals surface area contributed by atoms with Gasteiger partial charge in [-0.3, -0.25) is 4.79 Å². The zero-order valence-electron chi connectivity index (χ0n) is 11.6. The number of amides is 1. The Morgan fingerprint density at radius 2 is 2.00 bits per heavy atom. The quantitative estimate of drug-likeness (QED) is 0.853. The topological polar surface area (TPSA) is 49.6 Å². The summed E-state index contributed by atoms with van der Waals surface area (Å²) in [6, 6.07) is 11.8. The summed E-state index contributed by atoms with van der Waals surface area (Å²) in [5.74, 6) is 0.563. The van der Waals surface area contributed by atoms with E-state index in [1.54, 1.807) is 11.0 Å². The Morgan fingerprint density at radius 1 is 1.30 bits per heavy atom. The van der Waals surface area contributed by atoms with Crippen molar-refractivity contribution in [3.63, 3.8) is 0 Å². The Kier molecular flexibility index (Phi) is 3.28. The molecule has 0 unspecified atom stereocenters. The molecule has 104 valence electrons. The smallest absolute Gasteiger partial charge is 0.276 e. The van der Waals surface area contributed by atoms with Gasteiger partial charge in [-0.05, 0) is 14.1 Å².